The average Bonchev–Trinajstić information content (AvgIpc) is 2.34. The van der Waals surface area contributed by atoms with Crippen LogP contribution in [0.15, 0.2) is 12.1 Å². The summed E-state index contributed by atoms with van der Waals surface area (Å²) < 4.78 is 38.2. The Kier molecular flexibility index (Phi) is 4.14. The van der Waals surface area contributed by atoms with Crippen LogP contribution in [0.1, 0.15) is 30.5 Å². The van der Waals surface area contributed by atoms with Crippen LogP contribution in [0.3, 0.4) is 0 Å². The Labute approximate surface area is 114 Å². The number of hydrogen-bond donors (Lipinski definition) is 1. The first-order valence-corrected chi connectivity index (χ1v) is 6.33. The number of aromatic nitrogens is 1. The van der Waals surface area contributed by atoms with Crippen LogP contribution >= 0.6 is 0 Å². The topological polar surface area (TPSA) is 60.2 Å². The zero-order valence-corrected chi connectivity index (χ0v) is 10.7. The molecule has 0 aliphatic heterocycles. The zero-order chi connectivity index (χ0) is 14.8. The molecule has 1 aromatic rings. The number of aliphatic hydroxyl groups is 1. The summed E-state index contributed by atoms with van der Waals surface area (Å²) in [5.41, 5.74) is -0.924. The molecule has 0 spiro atoms. The first kappa shape index (κ1) is 14.6. The molecular formula is C13H14F3N3O. The van der Waals surface area contributed by atoms with Gasteiger partial charge in [-0.15, -0.1) is 0 Å². The molecule has 0 amide bonds. The van der Waals surface area contributed by atoms with Gasteiger partial charge in [-0.1, -0.05) is 0 Å². The van der Waals surface area contributed by atoms with Crippen LogP contribution in [0.2, 0.25) is 0 Å². The minimum absolute atomic E-state index is 0.0149. The van der Waals surface area contributed by atoms with Gasteiger partial charge in [0.25, 0.3) is 0 Å². The number of halogens is 3. The van der Waals surface area contributed by atoms with Gasteiger partial charge in [0.05, 0.1) is 12.2 Å². The van der Waals surface area contributed by atoms with Gasteiger partial charge in [-0.25, -0.2) is 4.98 Å². The number of rotatable bonds is 4. The Bertz CT molecular complexity index is 521. The SMILES string of the molecule is N#Cc1ccc(C(F)(F)F)nc1N(CCO)C1CCC1. The third-order valence-corrected chi connectivity index (χ3v) is 3.41. The van der Waals surface area contributed by atoms with Gasteiger partial charge in [-0.3, -0.25) is 0 Å². The highest BCUT2D eigenvalue weighted by molar-refractivity contribution is 5.55. The molecule has 2 rings (SSSR count). The van der Waals surface area contributed by atoms with E-state index in [0.717, 1.165) is 31.4 Å². The highest BCUT2D eigenvalue weighted by Gasteiger charge is 2.35. The maximum atomic E-state index is 12.7. The lowest BCUT2D eigenvalue weighted by Gasteiger charge is -2.38. The summed E-state index contributed by atoms with van der Waals surface area (Å²) in [6.45, 7) is -0.0209. The van der Waals surface area contributed by atoms with E-state index in [1.54, 1.807) is 4.90 Å². The number of hydrogen-bond acceptors (Lipinski definition) is 4. The van der Waals surface area contributed by atoms with Crippen molar-refractivity contribution in [3.63, 3.8) is 0 Å². The molecule has 0 aromatic carbocycles. The number of alkyl halides is 3. The number of aliphatic hydroxyl groups excluding tert-OH is 1. The average molecular weight is 285 g/mol. The maximum absolute atomic E-state index is 12.7. The van der Waals surface area contributed by atoms with Crippen molar-refractivity contribution < 1.29 is 18.3 Å². The molecule has 0 bridgehead atoms. The van der Waals surface area contributed by atoms with E-state index >= 15 is 0 Å². The molecule has 0 atom stereocenters. The summed E-state index contributed by atoms with van der Waals surface area (Å²) in [4.78, 5) is 5.21. The van der Waals surface area contributed by atoms with E-state index in [4.69, 9.17) is 10.4 Å². The predicted molar refractivity (Wildman–Crippen MR) is 66.0 cm³/mol. The van der Waals surface area contributed by atoms with Gasteiger partial charge in [0.15, 0.2) is 0 Å². The molecule has 1 fully saturated rings. The van der Waals surface area contributed by atoms with Gasteiger partial charge in [0.2, 0.25) is 0 Å². The Morgan fingerprint density at radius 3 is 2.55 bits per heavy atom. The summed E-state index contributed by atoms with van der Waals surface area (Å²) in [7, 11) is 0. The second-order valence-electron chi connectivity index (χ2n) is 4.68. The monoisotopic (exact) mass is 285 g/mol. The summed E-state index contributed by atoms with van der Waals surface area (Å²) in [5, 5.41) is 18.1. The maximum Gasteiger partial charge on any atom is 0.433 e. The fourth-order valence-electron chi connectivity index (χ4n) is 2.18. The summed E-state index contributed by atoms with van der Waals surface area (Å²) in [5.74, 6) is 0.0149. The lowest BCUT2D eigenvalue weighted by molar-refractivity contribution is -0.141. The molecule has 0 unspecified atom stereocenters. The van der Waals surface area contributed by atoms with Crippen molar-refractivity contribution in [2.45, 2.75) is 31.5 Å². The van der Waals surface area contributed by atoms with Crippen LogP contribution in [0.25, 0.3) is 0 Å². The van der Waals surface area contributed by atoms with E-state index in [1.807, 2.05) is 6.07 Å². The molecule has 1 aromatic heterocycles. The Morgan fingerprint density at radius 2 is 2.10 bits per heavy atom. The molecule has 20 heavy (non-hydrogen) atoms. The van der Waals surface area contributed by atoms with Crippen molar-refractivity contribution in [1.29, 1.82) is 5.26 Å². The summed E-state index contributed by atoms with van der Waals surface area (Å²) in [6.07, 6.45) is -1.88. The Morgan fingerprint density at radius 1 is 1.40 bits per heavy atom. The summed E-state index contributed by atoms with van der Waals surface area (Å²) >= 11 is 0. The van der Waals surface area contributed by atoms with Crippen LogP contribution in [-0.4, -0.2) is 29.3 Å². The van der Waals surface area contributed by atoms with Crippen molar-refractivity contribution in [3.8, 4) is 6.07 Å². The molecule has 108 valence electrons. The lowest BCUT2D eigenvalue weighted by atomic mass is 9.91. The van der Waals surface area contributed by atoms with Crippen LogP contribution in [0.4, 0.5) is 19.0 Å². The van der Waals surface area contributed by atoms with E-state index in [0.29, 0.717) is 0 Å². The third kappa shape index (κ3) is 2.85. The quantitative estimate of drug-likeness (QED) is 0.922. The lowest BCUT2D eigenvalue weighted by Crippen LogP contribution is -2.43. The highest BCUT2D eigenvalue weighted by atomic mass is 19.4. The molecule has 1 N–H and O–H groups in total. The molecule has 1 heterocycles. The molecular weight excluding hydrogens is 271 g/mol. The zero-order valence-electron chi connectivity index (χ0n) is 10.7. The number of nitrogens with zero attached hydrogens (tertiary/aromatic N) is 3. The van der Waals surface area contributed by atoms with Crippen molar-refractivity contribution in [3.05, 3.63) is 23.4 Å². The van der Waals surface area contributed by atoms with Gasteiger partial charge in [0, 0.05) is 12.6 Å². The van der Waals surface area contributed by atoms with Crippen LogP contribution < -0.4 is 4.90 Å². The third-order valence-electron chi connectivity index (χ3n) is 3.41. The first-order chi connectivity index (χ1) is 9.47. The van der Waals surface area contributed by atoms with Crippen molar-refractivity contribution in [2.75, 3.05) is 18.1 Å². The molecule has 1 aliphatic rings. The second-order valence-corrected chi connectivity index (χ2v) is 4.68. The smallest absolute Gasteiger partial charge is 0.395 e. The van der Waals surface area contributed by atoms with E-state index in [9.17, 15) is 13.2 Å². The van der Waals surface area contributed by atoms with Crippen LogP contribution in [-0.2, 0) is 6.18 Å². The standard InChI is InChI=1S/C13H14F3N3O/c14-13(15,16)11-5-4-9(8-17)12(18-11)19(6-7-20)10-2-1-3-10/h4-5,10,20H,1-3,6-7H2. The number of nitriles is 1. The first-order valence-electron chi connectivity index (χ1n) is 6.33. The Hall–Kier alpha value is -1.81. The van der Waals surface area contributed by atoms with Gasteiger partial charge in [-0.2, -0.15) is 18.4 Å². The van der Waals surface area contributed by atoms with E-state index in [1.165, 1.54) is 0 Å². The predicted octanol–water partition coefficient (Wildman–Crippen LogP) is 2.32. The van der Waals surface area contributed by atoms with Gasteiger partial charge in [-0.05, 0) is 31.4 Å². The molecule has 1 saturated carbocycles. The molecule has 1 aliphatic carbocycles. The summed E-state index contributed by atoms with van der Waals surface area (Å²) in [6, 6.07) is 3.85. The van der Waals surface area contributed by atoms with Gasteiger partial charge < -0.3 is 10.0 Å². The van der Waals surface area contributed by atoms with Crippen molar-refractivity contribution >= 4 is 5.82 Å². The van der Waals surface area contributed by atoms with Gasteiger partial charge in [0.1, 0.15) is 17.6 Å². The minimum Gasteiger partial charge on any atom is -0.395 e. The van der Waals surface area contributed by atoms with E-state index < -0.39 is 11.9 Å². The Balaban J connectivity index is 2.42. The highest BCUT2D eigenvalue weighted by Crippen LogP contribution is 2.33. The fraction of sp³-hybridized carbons (Fsp3) is 0.538. The molecule has 0 saturated heterocycles. The van der Waals surface area contributed by atoms with E-state index in [2.05, 4.69) is 4.98 Å². The van der Waals surface area contributed by atoms with Crippen LogP contribution in [0, 0.1) is 11.3 Å². The van der Waals surface area contributed by atoms with Gasteiger partial charge >= 0.3 is 6.18 Å². The van der Waals surface area contributed by atoms with Crippen molar-refractivity contribution in [2.24, 2.45) is 0 Å². The number of pyridine rings is 1. The molecule has 0 radical (unpaired) electrons. The van der Waals surface area contributed by atoms with E-state index in [-0.39, 0.29) is 30.6 Å². The largest absolute Gasteiger partial charge is 0.433 e. The van der Waals surface area contributed by atoms with Crippen molar-refractivity contribution in [1.82, 2.24) is 4.98 Å². The molecule has 7 heteroatoms. The van der Waals surface area contributed by atoms with Crippen LogP contribution in [0.5, 0.6) is 0 Å². The minimum atomic E-state index is -4.55. The molecule has 4 nitrogen and oxygen atoms in total. The number of anilines is 1. The normalized spacial score (nSPS) is 15.6. The second kappa shape index (κ2) is 5.67. The fourth-order valence-corrected chi connectivity index (χ4v) is 2.18.